The Morgan fingerprint density at radius 1 is 1.00 bits per heavy atom. The number of unbranched alkanes of at least 4 members (excludes halogenated alkanes) is 2. The zero-order valence-electron chi connectivity index (χ0n) is 13.1. The molecule has 0 aromatic heterocycles. The second kappa shape index (κ2) is 9.16. The van der Waals surface area contributed by atoms with E-state index in [1.54, 1.807) is 24.3 Å². The van der Waals surface area contributed by atoms with Gasteiger partial charge in [0.05, 0.1) is 24.3 Å². The van der Waals surface area contributed by atoms with E-state index in [-0.39, 0.29) is 17.0 Å². The Hall–Kier alpha value is -1.84. The minimum atomic E-state index is -0.482. The van der Waals surface area contributed by atoms with E-state index in [0.717, 1.165) is 19.3 Å². The maximum atomic E-state index is 12.0. The molecule has 0 atom stereocenters. The Bertz CT molecular complexity index is 466. The monoisotopic (exact) mass is 292 g/mol. The van der Waals surface area contributed by atoms with Gasteiger partial charge in [-0.05, 0) is 24.5 Å². The molecule has 0 spiro atoms. The van der Waals surface area contributed by atoms with Crippen LogP contribution in [-0.4, -0.2) is 25.2 Å². The molecule has 0 unspecified atom stereocenters. The SMILES string of the molecule is CCCCCOC(=O)c1ccccc1C(=O)OCC(C)C. The van der Waals surface area contributed by atoms with Crippen molar-refractivity contribution in [1.29, 1.82) is 0 Å². The Morgan fingerprint density at radius 2 is 1.57 bits per heavy atom. The summed E-state index contributed by atoms with van der Waals surface area (Å²) in [5.41, 5.74) is 0.529. The molecule has 0 radical (unpaired) electrons. The standard InChI is InChI=1S/C17H24O4/c1-4-5-8-11-20-16(18)14-9-6-7-10-15(14)17(19)21-12-13(2)3/h6-7,9-10,13H,4-5,8,11-12H2,1-3H3. The topological polar surface area (TPSA) is 52.6 Å². The average molecular weight is 292 g/mol. The predicted octanol–water partition coefficient (Wildman–Crippen LogP) is 3.85. The van der Waals surface area contributed by atoms with Crippen molar-refractivity contribution in [1.82, 2.24) is 0 Å². The van der Waals surface area contributed by atoms with E-state index in [2.05, 4.69) is 6.92 Å². The van der Waals surface area contributed by atoms with E-state index in [4.69, 9.17) is 9.47 Å². The van der Waals surface area contributed by atoms with Crippen molar-refractivity contribution < 1.29 is 19.1 Å². The van der Waals surface area contributed by atoms with Crippen LogP contribution in [0.25, 0.3) is 0 Å². The molecule has 4 heteroatoms. The zero-order chi connectivity index (χ0) is 15.7. The van der Waals surface area contributed by atoms with Crippen LogP contribution in [0.15, 0.2) is 24.3 Å². The quantitative estimate of drug-likeness (QED) is 0.539. The van der Waals surface area contributed by atoms with Gasteiger partial charge in [-0.1, -0.05) is 45.7 Å². The Labute approximate surface area is 126 Å². The van der Waals surface area contributed by atoms with Gasteiger partial charge < -0.3 is 9.47 Å². The van der Waals surface area contributed by atoms with Crippen LogP contribution in [0, 0.1) is 5.92 Å². The normalized spacial score (nSPS) is 10.5. The van der Waals surface area contributed by atoms with Gasteiger partial charge >= 0.3 is 11.9 Å². The van der Waals surface area contributed by atoms with Crippen molar-refractivity contribution in [3.05, 3.63) is 35.4 Å². The van der Waals surface area contributed by atoms with Crippen molar-refractivity contribution in [2.45, 2.75) is 40.0 Å². The lowest BCUT2D eigenvalue weighted by molar-refractivity contribution is 0.0428. The molecule has 0 heterocycles. The van der Waals surface area contributed by atoms with Crippen LogP contribution in [0.2, 0.25) is 0 Å². The summed E-state index contributed by atoms with van der Waals surface area (Å²) in [5.74, 6) is -0.699. The molecule has 4 nitrogen and oxygen atoms in total. The van der Waals surface area contributed by atoms with E-state index < -0.39 is 11.9 Å². The lowest BCUT2D eigenvalue weighted by Crippen LogP contribution is -2.16. The largest absolute Gasteiger partial charge is 0.462 e. The molecular weight excluding hydrogens is 268 g/mol. The number of rotatable bonds is 8. The molecule has 1 rings (SSSR count). The van der Waals surface area contributed by atoms with Gasteiger partial charge in [-0.25, -0.2) is 9.59 Å². The summed E-state index contributed by atoms with van der Waals surface area (Å²) in [7, 11) is 0. The zero-order valence-corrected chi connectivity index (χ0v) is 13.1. The van der Waals surface area contributed by atoms with E-state index in [1.165, 1.54) is 0 Å². The molecule has 1 aromatic carbocycles. The fraction of sp³-hybridized carbons (Fsp3) is 0.529. The number of esters is 2. The molecular formula is C17H24O4. The Morgan fingerprint density at radius 3 is 2.10 bits per heavy atom. The van der Waals surface area contributed by atoms with Crippen LogP contribution in [0.3, 0.4) is 0 Å². The summed E-state index contributed by atoms with van der Waals surface area (Å²) in [6.45, 7) is 6.71. The third-order valence-corrected chi connectivity index (χ3v) is 2.90. The lowest BCUT2D eigenvalue weighted by atomic mass is 10.1. The second-order valence-electron chi connectivity index (χ2n) is 5.38. The average Bonchev–Trinajstić information content (AvgIpc) is 2.49. The second-order valence-corrected chi connectivity index (χ2v) is 5.38. The third kappa shape index (κ3) is 5.98. The van der Waals surface area contributed by atoms with Gasteiger partial charge in [0.25, 0.3) is 0 Å². The number of carbonyl (C=O) groups excluding carboxylic acids is 2. The van der Waals surface area contributed by atoms with E-state index >= 15 is 0 Å². The predicted molar refractivity (Wildman–Crippen MR) is 81.4 cm³/mol. The van der Waals surface area contributed by atoms with Crippen molar-refractivity contribution >= 4 is 11.9 Å². The van der Waals surface area contributed by atoms with Crippen LogP contribution in [0.4, 0.5) is 0 Å². The van der Waals surface area contributed by atoms with Gasteiger partial charge in [0.1, 0.15) is 0 Å². The van der Waals surface area contributed by atoms with Gasteiger partial charge in [-0.3, -0.25) is 0 Å². The molecule has 116 valence electrons. The van der Waals surface area contributed by atoms with Crippen LogP contribution >= 0.6 is 0 Å². The van der Waals surface area contributed by atoms with Gasteiger partial charge in [-0.15, -0.1) is 0 Å². The number of hydrogen-bond acceptors (Lipinski definition) is 4. The molecule has 0 saturated carbocycles. The third-order valence-electron chi connectivity index (χ3n) is 2.90. The van der Waals surface area contributed by atoms with Crippen molar-refractivity contribution in [2.24, 2.45) is 5.92 Å². The summed E-state index contributed by atoms with van der Waals surface area (Å²) in [4.78, 5) is 24.1. The minimum Gasteiger partial charge on any atom is -0.462 e. The Balaban J connectivity index is 2.69. The molecule has 1 aromatic rings. The number of ether oxygens (including phenoxy) is 2. The first-order valence-corrected chi connectivity index (χ1v) is 7.49. The van der Waals surface area contributed by atoms with Crippen LogP contribution in [0.1, 0.15) is 60.7 Å². The van der Waals surface area contributed by atoms with Gasteiger partial charge in [0.15, 0.2) is 0 Å². The van der Waals surface area contributed by atoms with E-state index in [1.807, 2.05) is 13.8 Å². The smallest absolute Gasteiger partial charge is 0.339 e. The Kier molecular flexibility index (Phi) is 7.51. The highest BCUT2D eigenvalue weighted by Gasteiger charge is 2.19. The first-order chi connectivity index (χ1) is 10.1. The molecule has 0 fully saturated rings. The molecule has 0 N–H and O–H groups in total. The molecule has 0 amide bonds. The fourth-order valence-electron chi connectivity index (χ4n) is 1.75. The van der Waals surface area contributed by atoms with Crippen molar-refractivity contribution in [2.75, 3.05) is 13.2 Å². The highest BCUT2D eigenvalue weighted by atomic mass is 16.5. The molecule has 21 heavy (non-hydrogen) atoms. The highest BCUT2D eigenvalue weighted by Crippen LogP contribution is 2.13. The van der Waals surface area contributed by atoms with Crippen molar-refractivity contribution in [3.8, 4) is 0 Å². The molecule has 0 saturated heterocycles. The van der Waals surface area contributed by atoms with Gasteiger partial charge in [0.2, 0.25) is 0 Å². The van der Waals surface area contributed by atoms with Gasteiger partial charge in [-0.2, -0.15) is 0 Å². The molecule has 0 aliphatic heterocycles. The van der Waals surface area contributed by atoms with Crippen LogP contribution < -0.4 is 0 Å². The van der Waals surface area contributed by atoms with Crippen molar-refractivity contribution in [3.63, 3.8) is 0 Å². The maximum Gasteiger partial charge on any atom is 0.339 e. The van der Waals surface area contributed by atoms with Crippen LogP contribution in [0.5, 0.6) is 0 Å². The summed E-state index contributed by atoms with van der Waals surface area (Å²) in [6.07, 6.45) is 2.92. The fourth-order valence-corrected chi connectivity index (χ4v) is 1.75. The van der Waals surface area contributed by atoms with E-state index in [9.17, 15) is 9.59 Å². The van der Waals surface area contributed by atoms with Gasteiger partial charge in [0, 0.05) is 0 Å². The maximum absolute atomic E-state index is 12.0. The molecule has 0 bridgehead atoms. The lowest BCUT2D eigenvalue weighted by Gasteiger charge is -2.10. The minimum absolute atomic E-state index is 0.252. The highest BCUT2D eigenvalue weighted by molar-refractivity contribution is 6.03. The first kappa shape index (κ1) is 17.2. The molecule has 0 aliphatic rings. The van der Waals surface area contributed by atoms with E-state index in [0.29, 0.717) is 13.2 Å². The summed E-state index contributed by atoms with van der Waals surface area (Å²) in [6, 6.07) is 6.60. The first-order valence-electron chi connectivity index (χ1n) is 7.49. The summed E-state index contributed by atoms with van der Waals surface area (Å²) in [5, 5.41) is 0. The molecule has 0 aliphatic carbocycles. The summed E-state index contributed by atoms with van der Waals surface area (Å²) >= 11 is 0. The van der Waals surface area contributed by atoms with Crippen LogP contribution in [-0.2, 0) is 9.47 Å². The number of carbonyl (C=O) groups is 2. The summed E-state index contributed by atoms with van der Waals surface area (Å²) < 4.78 is 10.4. The number of benzene rings is 1. The number of hydrogen-bond donors (Lipinski definition) is 0.